The van der Waals surface area contributed by atoms with Crippen LogP contribution in [0.4, 0.5) is 4.79 Å². The molecule has 0 aliphatic rings. The zero-order valence-electron chi connectivity index (χ0n) is 7.04. The number of carboxylic acid groups (broad SMARTS) is 2. The Hall–Kier alpha value is -2.24. The number of para-hydroxylation sites is 1. The van der Waals surface area contributed by atoms with E-state index < -0.39 is 12.1 Å². The fraction of sp³-hybridized carbons (Fsp3) is 0. The summed E-state index contributed by atoms with van der Waals surface area (Å²) in [6.07, 6.45) is -1.33. The van der Waals surface area contributed by atoms with Gasteiger partial charge in [-0.2, -0.15) is 0 Å². The molecular formula is C8H9NO5. The third-order valence-corrected chi connectivity index (χ3v) is 1.13. The molecule has 14 heavy (non-hydrogen) atoms. The summed E-state index contributed by atoms with van der Waals surface area (Å²) in [5.41, 5.74) is 3.96. The molecule has 0 radical (unpaired) electrons. The molecule has 1 aromatic carbocycles. The second-order valence-electron chi connectivity index (χ2n) is 2.16. The molecule has 0 aromatic heterocycles. The first-order valence-corrected chi connectivity index (χ1v) is 3.45. The van der Waals surface area contributed by atoms with Crippen molar-refractivity contribution in [2.24, 2.45) is 5.73 Å². The standard InChI is InChI=1S/C7H6O3.CH3NO2/c8-6-4-2-1-3-5(6)7(9)10;2-1(3)4/h1-4,8H,(H,9,10);2H2,(H,3,4). The lowest BCUT2D eigenvalue weighted by Gasteiger charge is -1.95. The summed E-state index contributed by atoms with van der Waals surface area (Å²) in [4.78, 5) is 19.0. The van der Waals surface area contributed by atoms with Gasteiger partial charge in [-0.1, -0.05) is 12.1 Å². The number of amides is 1. The SMILES string of the molecule is NC(=O)O.O=C(O)c1ccccc1O. The van der Waals surface area contributed by atoms with Crippen molar-refractivity contribution in [1.82, 2.24) is 0 Å². The van der Waals surface area contributed by atoms with Gasteiger partial charge < -0.3 is 21.1 Å². The molecule has 0 heterocycles. The number of phenols is 1. The average molecular weight is 199 g/mol. The van der Waals surface area contributed by atoms with Crippen LogP contribution in [0.25, 0.3) is 0 Å². The molecule has 6 nitrogen and oxygen atoms in total. The molecule has 1 rings (SSSR count). The van der Waals surface area contributed by atoms with Crippen molar-refractivity contribution in [2.75, 3.05) is 0 Å². The number of hydrogen-bond donors (Lipinski definition) is 4. The highest BCUT2D eigenvalue weighted by Gasteiger charge is 2.05. The van der Waals surface area contributed by atoms with E-state index in [0.29, 0.717) is 0 Å². The van der Waals surface area contributed by atoms with Gasteiger partial charge in [-0.05, 0) is 12.1 Å². The van der Waals surface area contributed by atoms with E-state index in [1.807, 2.05) is 0 Å². The van der Waals surface area contributed by atoms with E-state index >= 15 is 0 Å². The number of aromatic carboxylic acids is 1. The first kappa shape index (κ1) is 11.8. The van der Waals surface area contributed by atoms with Crippen LogP contribution in [0.2, 0.25) is 0 Å². The smallest absolute Gasteiger partial charge is 0.402 e. The highest BCUT2D eigenvalue weighted by Crippen LogP contribution is 2.14. The van der Waals surface area contributed by atoms with Crippen molar-refractivity contribution in [3.8, 4) is 5.75 Å². The number of aromatic hydroxyl groups is 1. The van der Waals surface area contributed by atoms with E-state index in [1.165, 1.54) is 12.1 Å². The van der Waals surface area contributed by atoms with Gasteiger partial charge in [-0.25, -0.2) is 9.59 Å². The summed E-state index contributed by atoms with van der Waals surface area (Å²) in [6, 6.07) is 5.81. The third-order valence-electron chi connectivity index (χ3n) is 1.13. The number of carbonyl (C=O) groups is 2. The predicted molar refractivity (Wildman–Crippen MR) is 47.3 cm³/mol. The molecule has 76 valence electrons. The van der Waals surface area contributed by atoms with Gasteiger partial charge in [0.1, 0.15) is 11.3 Å². The summed E-state index contributed by atoms with van der Waals surface area (Å²) in [5.74, 6) is -1.31. The Morgan fingerprint density at radius 1 is 1.14 bits per heavy atom. The lowest BCUT2D eigenvalue weighted by atomic mass is 10.2. The van der Waals surface area contributed by atoms with Gasteiger partial charge in [-0.15, -0.1) is 0 Å². The average Bonchev–Trinajstić information content (AvgIpc) is 2.03. The molecule has 0 unspecified atom stereocenters. The van der Waals surface area contributed by atoms with E-state index in [-0.39, 0.29) is 11.3 Å². The Bertz CT molecular complexity index is 332. The van der Waals surface area contributed by atoms with Gasteiger partial charge in [0.15, 0.2) is 0 Å². The van der Waals surface area contributed by atoms with Crippen LogP contribution in [0.5, 0.6) is 5.75 Å². The third kappa shape index (κ3) is 4.60. The van der Waals surface area contributed by atoms with Crippen molar-refractivity contribution in [3.63, 3.8) is 0 Å². The molecule has 6 heteroatoms. The molecule has 0 saturated heterocycles. The van der Waals surface area contributed by atoms with Crippen molar-refractivity contribution < 1.29 is 24.9 Å². The monoisotopic (exact) mass is 199 g/mol. The van der Waals surface area contributed by atoms with Crippen molar-refractivity contribution in [1.29, 1.82) is 0 Å². The summed E-state index contributed by atoms with van der Waals surface area (Å²) in [6.45, 7) is 0. The van der Waals surface area contributed by atoms with Crippen LogP contribution in [0, 0.1) is 0 Å². The van der Waals surface area contributed by atoms with Gasteiger partial charge in [0.05, 0.1) is 0 Å². The zero-order chi connectivity index (χ0) is 11.1. The van der Waals surface area contributed by atoms with E-state index in [2.05, 4.69) is 5.73 Å². The molecule has 0 atom stereocenters. The van der Waals surface area contributed by atoms with Crippen LogP contribution in [0.1, 0.15) is 10.4 Å². The van der Waals surface area contributed by atoms with Gasteiger partial charge in [0.2, 0.25) is 0 Å². The van der Waals surface area contributed by atoms with E-state index in [0.717, 1.165) is 0 Å². The molecule has 1 aromatic rings. The van der Waals surface area contributed by atoms with Crippen LogP contribution < -0.4 is 5.73 Å². The molecule has 0 fully saturated rings. The quantitative estimate of drug-likeness (QED) is 0.530. The van der Waals surface area contributed by atoms with Crippen molar-refractivity contribution in [3.05, 3.63) is 29.8 Å². The molecule has 0 bridgehead atoms. The van der Waals surface area contributed by atoms with E-state index in [4.69, 9.17) is 20.1 Å². The number of hydrogen-bond acceptors (Lipinski definition) is 3. The number of benzene rings is 1. The summed E-state index contributed by atoms with van der Waals surface area (Å²) in [7, 11) is 0. The van der Waals surface area contributed by atoms with Crippen LogP contribution >= 0.6 is 0 Å². The van der Waals surface area contributed by atoms with E-state index in [1.54, 1.807) is 12.1 Å². The number of rotatable bonds is 1. The predicted octanol–water partition coefficient (Wildman–Crippen LogP) is 0.714. The molecule has 1 amide bonds. The molecule has 0 spiro atoms. The molecule has 5 N–H and O–H groups in total. The lowest BCUT2D eigenvalue weighted by Crippen LogP contribution is -2.03. The lowest BCUT2D eigenvalue weighted by molar-refractivity contribution is 0.0693. The number of nitrogens with two attached hydrogens (primary N) is 1. The fourth-order valence-corrected chi connectivity index (χ4v) is 0.654. The Morgan fingerprint density at radius 2 is 1.57 bits per heavy atom. The topological polar surface area (TPSA) is 121 Å². The van der Waals surface area contributed by atoms with Gasteiger partial charge in [0, 0.05) is 0 Å². The number of carboxylic acids is 1. The molecule has 0 saturated carbocycles. The van der Waals surface area contributed by atoms with Crippen LogP contribution in [-0.2, 0) is 0 Å². The molecule has 0 aliphatic carbocycles. The Morgan fingerprint density at radius 3 is 1.86 bits per heavy atom. The zero-order valence-corrected chi connectivity index (χ0v) is 7.04. The highest BCUT2D eigenvalue weighted by atomic mass is 16.4. The second-order valence-corrected chi connectivity index (χ2v) is 2.16. The summed E-state index contributed by atoms with van der Waals surface area (Å²) < 4.78 is 0. The van der Waals surface area contributed by atoms with E-state index in [9.17, 15) is 4.79 Å². The van der Waals surface area contributed by atoms with Crippen molar-refractivity contribution >= 4 is 12.1 Å². The molecule has 0 aliphatic heterocycles. The van der Waals surface area contributed by atoms with Gasteiger partial charge in [-0.3, -0.25) is 0 Å². The highest BCUT2D eigenvalue weighted by molar-refractivity contribution is 5.90. The number of primary amides is 1. The minimum Gasteiger partial charge on any atom is -0.507 e. The normalized spacial score (nSPS) is 8.29. The maximum absolute atomic E-state index is 10.3. The Kier molecular flexibility index (Phi) is 4.55. The first-order valence-electron chi connectivity index (χ1n) is 3.45. The first-order chi connectivity index (χ1) is 6.45. The minimum absolute atomic E-state index is 0.0671. The van der Waals surface area contributed by atoms with Crippen LogP contribution in [-0.4, -0.2) is 27.4 Å². The summed E-state index contributed by atoms with van der Waals surface area (Å²) >= 11 is 0. The van der Waals surface area contributed by atoms with Gasteiger partial charge in [0.25, 0.3) is 0 Å². The van der Waals surface area contributed by atoms with Crippen LogP contribution in [0.15, 0.2) is 24.3 Å². The maximum Gasteiger partial charge on any atom is 0.402 e. The largest absolute Gasteiger partial charge is 0.507 e. The second kappa shape index (κ2) is 5.41. The minimum atomic E-state index is -1.33. The molecular weight excluding hydrogens is 190 g/mol. The Labute approximate surface area is 79.2 Å². The Balaban J connectivity index is 0.000000364. The van der Waals surface area contributed by atoms with Gasteiger partial charge >= 0.3 is 12.1 Å². The summed E-state index contributed by atoms with van der Waals surface area (Å²) in [5, 5.41) is 24.5. The maximum atomic E-state index is 10.3. The van der Waals surface area contributed by atoms with Crippen molar-refractivity contribution in [2.45, 2.75) is 0 Å². The fourth-order valence-electron chi connectivity index (χ4n) is 0.654. The van der Waals surface area contributed by atoms with Crippen LogP contribution in [0.3, 0.4) is 0 Å².